The monoisotopic (exact) mass is 209 g/mol. The molecule has 0 aromatic rings. The highest BCUT2D eigenvalue weighted by Gasteiger charge is 2.66. The first-order valence-electron chi connectivity index (χ1n) is 6.66. The molecule has 5 unspecified atom stereocenters. The zero-order valence-electron chi connectivity index (χ0n) is 9.69. The maximum Gasteiger partial charge on any atom is 0.0620 e. The van der Waals surface area contributed by atoms with E-state index < -0.39 is 0 Å². The SMILES string of the molecule is CCCOCC(N)C1C2C3CCC(C3)C12. The van der Waals surface area contributed by atoms with E-state index in [0.717, 1.165) is 49.2 Å². The molecule has 0 aliphatic heterocycles. The van der Waals surface area contributed by atoms with Crippen molar-refractivity contribution in [2.24, 2.45) is 35.3 Å². The zero-order chi connectivity index (χ0) is 10.4. The summed E-state index contributed by atoms with van der Waals surface area (Å²) >= 11 is 0. The number of hydrogen-bond donors (Lipinski definition) is 1. The van der Waals surface area contributed by atoms with Crippen LogP contribution in [0.3, 0.4) is 0 Å². The maximum atomic E-state index is 6.24. The Morgan fingerprint density at radius 3 is 2.53 bits per heavy atom. The summed E-state index contributed by atoms with van der Waals surface area (Å²) in [7, 11) is 0. The Bertz CT molecular complexity index is 227. The van der Waals surface area contributed by atoms with Gasteiger partial charge in [0.2, 0.25) is 0 Å². The van der Waals surface area contributed by atoms with Crippen LogP contribution in [0.5, 0.6) is 0 Å². The van der Waals surface area contributed by atoms with Gasteiger partial charge in [-0.3, -0.25) is 0 Å². The fourth-order valence-corrected chi connectivity index (χ4v) is 4.44. The molecule has 0 amide bonds. The number of rotatable bonds is 5. The van der Waals surface area contributed by atoms with Crippen LogP contribution in [0.25, 0.3) is 0 Å². The molecule has 0 aromatic heterocycles. The summed E-state index contributed by atoms with van der Waals surface area (Å²) in [6, 6.07) is 0.329. The lowest BCUT2D eigenvalue weighted by Gasteiger charge is -2.16. The van der Waals surface area contributed by atoms with E-state index in [2.05, 4.69) is 6.92 Å². The fourth-order valence-electron chi connectivity index (χ4n) is 4.44. The van der Waals surface area contributed by atoms with E-state index in [0.29, 0.717) is 6.04 Å². The highest BCUT2D eigenvalue weighted by molar-refractivity contribution is 5.15. The second-order valence-electron chi connectivity index (χ2n) is 5.80. The van der Waals surface area contributed by atoms with E-state index in [9.17, 15) is 0 Å². The number of nitrogens with two attached hydrogens (primary N) is 1. The molecule has 3 rings (SSSR count). The summed E-state index contributed by atoms with van der Waals surface area (Å²) in [5.74, 6) is 4.92. The predicted octanol–water partition coefficient (Wildman–Crippen LogP) is 2.03. The third kappa shape index (κ3) is 1.53. The van der Waals surface area contributed by atoms with E-state index in [1.54, 1.807) is 0 Å². The van der Waals surface area contributed by atoms with Crippen molar-refractivity contribution >= 4 is 0 Å². The van der Waals surface area contributed by atoms with Crippen LogP contribution in [0, 0.1) is 29.6 Å². The summed E-state index contributed by atoms with van der Waals surface area (Å²) in [4.78, 5) is 0. The maximum absolute atomic E-state index is 6.24. The molecule has 86 valence electrons. The third-order valence-corrected chi connectivity index (χ3v) is 4.95. The fraction of sp³-hybridized carbons (Fsp3) is 1.00. The molecule has 2 N–H and O–H groups in total. The minimum absolute atomic E-state index is 0.329. The van der Waals surface area contributed by atoms with E-state index in [1.807, 2.05) is 0 Å². The Labute approximate surface area is 92.6 Å². The summed E-state index contributed by atoms with van der Waals surface area (Å²) < 4.78 is 5.58. The van der Waals surface area contributed by atoms with Crippen LogP contribution in [0.4, 0.5) is 0 Å². The Morgan fingerprint density at radius 1 is 1.27 bits per heavy atom. The van der Waals surface area contributed by atoms with Gasteiger partial charge in [-0.05, 0) is 55.3 Å². The van der Waals surface area contributed by atoms with Gasteiger partial charge in [0.1, 0.15) is 0 Å². The number of hydrogen-bond acceptors (Lipinski definition) is 2. The van der Waals surface area contributed by atoms with E-state index in [4.69, 9.17) is 10.5 Å². The molecule has 3 saturated carbocycles. The van der Waals surface area contributed by atoms with Gasteiger partial charge in [-0.25, -0.2) is 0 Å². The molecule has 0 heterocycles. The Balaban J connectivity index is 1.49. The van der Waals surface area contributed by atoms with Crippen LogP contribution in [0.1, 0.15) is 32.6 Å². The van der Waals surface area contributed by atoms with Crippen LogP contribution >= 0.6 is 0 Å². The molecular formula is C13H23NO. The predicted molar refractivity (Wildman–Crippen MR) is 60.4 cm³/mol. The van der Waals surface area contributed by atoms with Crippen molar-refractivity contribution in [3.63, 3.8) is 0 Å². The van der Waals surface area contributed by atoms with Gasteiger partial charge in [0.25, 0.3) is 0 Å². The van der Waals surface area contributed by atoms with Crippen molar-refractivity contribution in [2.45, 2.75) is 38.6 Å². The highest BCUT2D eigenvalue weighted by Crippen LogP contribution is 2.69. The minimum atomic E-state index is 0.329. The van der Waals surface area contributed by atoms with Crippen LogP contribution in [-0.4, -0.2) is 19.3 Å². The molecule has 0 saturated heterocycles. The molecule has 2 nitrogen and oxygen atoms in total. The first-order valence-corrected chi connectivity index (χ1v) is 6.66. The molecule has 15 heavy (non-hydrogen) atoms. The Kier molecular flexibility index (Phi) is 2.52. The number of fused-ring (bicyclic) bond motifs is 5. The van der Waals surface area contributed by atoms with Crippen molar-refractivity contribution in [1.82, 2.24) is 0 Å². The lowest BCUT2D eigenvalue weighted by molar-refractivity contribution is 0.111. The first-order chi connectivity index (χ1) is 7.33. The quantitative estimate of drug-likeness (QED) is 0.703. The minimum Gasteiger partial charge on any atom is -0.380 e. The van der Waals surface area contributed by atoms with Crippen molar-refractivity contribution in [3.05, 3.63) is 0 Å². The molecule has 2 bridgehead atoms. The summed E-state index contributed by atoms with van der Waals surface area (Å²) in [5.41, 5.74) is 6.24. The highest BCUT2D eigenvalue weighted by atomic mass is 16.5. The summed E-state index contributed by atoms with van der Waals surface area (Å²) in [6.45, 7) is 3.82. The van der Waals surface area contributed by atoms with Gasteiger partial charge in [0.05, 0.1) is 6.61 Å². The van der Waals surface area contributed by atoms with Crippen molar-refractivity contribution in [2.75, 3.05) is 13.2 Å². The molecule has 0 aromatic carbocycles. The van der Waals surface area contributed by atoms with Gasteiger partial charge < -0.3 is 10.5 Å². The second-order valence-corrected chi connectivity index (χ2v) is 5.80. The lowest BCUT2D eigenvalue weighted by Crippen LogP contribution is -2.31. The topological polar surface area (TPSA) is 35.2 Å². The van der Waals surface area contributed by atoms with Gasteiger partial charge in [0, 0.05) is 12.6 Å². The molecule has 0 spiro atoms. The average Bonchev–Trinajstić information content (AvgIpc) is 2.68. The molecular weight excluding hydrogens is 186 g/mol. The van der Waals surface area contributed by atoms with Crippen LogP contribution in [0.15, 0.2) is 0 Å². The van der Waals surface area contributed by atoms with Gasteiger partial charge >= 0.3 is 0 Å². The van der Waals surface area contributed by atoms with Crippen LogP contribution in [0.2, 0.25) is 0 Å². The Hall–Kier alpha value is -0.0800. The molecule has 0 radical (unpaired) electrons. The molecule has 3 aliphatic carbocycles. The normalized spacial score (nSPS) is 48.0. The average molecular weight is 209 g/mol. The molecule has 3 aliphatic rings. The number of ether oxygens (including phenoxy) is 1. The van der Waals surface area contributed by atoms with Gasteiger partial charge in [-0.2, -0.15) is 0 Å². The lowest BCUT2D eigenvalue weighted by atomic mass is 9.98. The zero-order valence-corrected chi connectivity index (χ0v) is 9.69. The molecule has 2 heteroatoms. The van der Waals surface area contributed by atoms with Crippen LogP contribution in [-0.2, 0) is 4.74 Å². The third-order valence-electron chi connectivity index (χ3n) is 4.95. The van der Waals surface area contributed by atoms with Crippen molar-refractivity contribution < 1.29 is 4.74 Å². The first kappa shape index (κ1) is 10.1. The second kappa shape index (κ2) is 3.74. The van der Waals surface area contributed by atoms with E-state index >= 15 is 0 Å². The van der Waals surface area contributed by atoms with Gasteiger partial charge in [-0.1, -0.05) is 6.92 Å². The van der Waals surface area contributed by atoms with Gasteiger partial charge in [-0.15, -0.1) is 0 Å². The summed E-state index contributed by atoms with van der Waals surface area (Å²) in [5, 5.41) is 0. The molecule has 3 fully saturated rings. The van der Waals surface area contributed by atoms with Crippen molar-refractivity contribution in [3.8, 4) is 0 Å². The Morgan fingerprint density at radius 2 is 1.93 bits per heavy atom. The molecule has 5 atom stereocenters. The standard InChI is InChI=1S/C13H23NO/c1-2-5-15-7-10(14)13-11-8-3-4-9(6-8)12(11)13/h8-13H,2-7,14H2,1H3. The smallest absolute Gasteiger partial charge is 0.0620 e. The van der Waals surface area contributed by atoms with E-state index in [1.165, 1.54) is 19.3 Å². The van der Waals surface area contributed by atoms with Crippen molar-refractivity contribution in [1.29, 1.82) is 0 Å². The summed E-state index contributed by atoms with van der Waals surface area (Å²) in [6.07, 6.45) is 5.61. The van der Waals surface area contributed by atoms with Crippen LogP contribution < -0.4 is 5.73 Å². The largest absolute Gasteiger partial charge is 0.380 e. The van der Waals surface area contributed by atoms with Gasteiger partial charge in [0.15, 0.2) is 0 Å². The van der Waals surface area contributed by atoms with E-state index in [-0.39, 0.29) is 0 Å².